The van der Waals surface area contributed by atoms with Gasteiger partial charge < -0.3 is 19.1 Å². The van der Waals surface area contributed by atoms with E-state index in [4.69, 9.17) is 4.74 Å². The number of hydrogen-bond donors (Lipinski definition) is 0. The maximum absolute atomic E-state index is 13.9. The molecule has 7 nitrogen and oxygen atoms in total. The van der Waals surface area contributed by atoms with Crippen molar-refractivity contribution in [1.29, 1.82) is 0 Å². The lowest BCUT2D eigenvalue weighted by molar-refractivity contribution is -0.132. The van der Waals surface area contributed by atoms with E-state index < -0.39 is 0 Å². The van der Waals surface area contributed by atoms with Crippen LogP contribution in [0.2, 0.25) is 0 Å². The minimum absolute atomic E-state index is 0.00982. The second-order valence-electron chi connectivity index (χ2n) is 10.2. The Hall–Kier alpha value is -3.87. The van der Waals surface area contributed by atoms with Crippen molar-refractivity contribution in [2.75, 3.05) is 26.7 Å². The molecule has 2 amide bonds. The van der Waals surface area contributed by atoms with Crippen LogP contribution in [0.4, 0.5) is 0 Å². The maximum atomic E-state index is 13.9. The third-order valence-corrected chi connectivity index (χ3v) is 8.09. The summed E-state index contributed by atoms with van der Waals surface area (Å²) in [6, 6.07) is 19.8. The van der Waals surface area contributed by atoms with Gasteiger partial charge in [-0.15, -0.1) is 0 Å². The first-order valence-electron chi connectivity index (χ1n) is 13.1. The van der Waals surface area contributed by atoms with Crippen LogP contribution < -0.4 is 10.3 Å². The Labute approximate surface area is 216 Å². The smallest absolute Gasteiger partial charge is 0.259 e. The Morgan fingerprint density at radius 1 is 0.865 bits per heavy atom. The van der Waals surface area contributed by atoms with Crippen LogP contribution in [0.3, 0.4) is 0 Å². The number of hydrogen-bond acceptors (Lipinski definition) is 4. The number of benzene rings is 2. The predicted octanol–water partition coefficient (Wildman–Crippen LogP) is 3.24. The molecule has 1 aromatic heterocycles. The standard InChI is InChI=1S/C30H31N3O4/c1-37-26-18-27(34)33-16-15-31(29(35)24-17-23(24)21-8-3-2-4-9-21)14-12-25(33)28(26)30(36)32-13-11-20-7-5-6-10-22(20)19-32/h2-10,18,23-24H,11-17,19H2,1H3/t23-,24+/m0/s1. The fourth-order valence-corrected chi connectivity index (χ4v) is 5.96. The fourth-order valence-electron chi connectivity index (χ4n) is 5.96. The number of pyridine rings is 1. The van der Waals surface area contributed by atoms with E-state index in [0.29, 0.717) is 56.2 Å². The fraction of sp³-hybridized carbons (Fsp3) is 0.367. The molecule has 2 aromatic carbocycles. The number of nitrogens with zero attached hydrogens (tertiary/aromatic N) is 3. The molecule has 1 fully saturated rings. The van der Waals surface area contributed by atoms with E-state index in [2.05, 4.69) is 24.3 Å². The van der Waals surface area contributed by atoms with Crippen LogP contribution in [0, 0.1) is 5.92 Å². The van der Waals surface area contributed by atoms with E-state index in [1.807, 2.05) is 40.1 Å². The van der Waals surface area contributed by atoms with Gasteiger partial charge >= 0.3 is 0 Å². The molecule has 37 heavy (non-hydrogen) atoms. The first kappa shape index (κ1) is 23.5. The summed E-state index contributed by atoms with van der Waals surface area (Å²) in [5.41, 5.74) is 4.54. The molecule has 2 atom stereocenters. The Morgan fingerprint density at radius 3 is 2.38 bits per heavy atom. The van der Waals surface area contributed by atoms with Gasteiger partial charge in [-0.05, 0) is 35.4 Å². The normalized spacial score (nSPS) is 20.5. The molecule has 7 heteroatoms. The lowest BCUT2D eigenvalue weighted by atomic mass is 9.98. The average Bonchev–Trinajstić information content (AvgIpc) is 3.76. The van der Waals surface area contributed by atoms with Gasteiger partial charge in [-0.2, -0.15) is 0 Å². The van der Waals surface area contributed by atoms with E-state index >= 15 is 0 Å². The summed E-state index contributed by atoms with van der Waals surface area (Å²) >= 11 is 0. The van der Waals surface area contributed by atoms with Crippen LogP contribution >= 0.6 is 0 Å². The molecule has 3 heterocycles. The molecule has 0 radical (unpaired) electrons. The van der Waals surface area contributed by atoms with E-state index in [1.165, 1.54) is 24.3 Å². The lowest BCUT2D eigenvalue weighted by Crippen LogP contribution is -2.38. The van der Waals surface area contributed by atoms with Gasteiger partial charge in [0.1, 0.15) is 11.3 Å². The SMILES string of the molecule is COc1cc(=O)n2c(c1C(=O)N1CCc3ccccc3C1)CCN(C(=O)[C@@H]1C[C@H]1c1ccccc1)CC2. The summed E-state index contributed by atoms with van der Waals surface area (Å²) in [7, 11) is 1.50. The second kappa shape index (κ2) is 9.54. The van der Waals surface area contributed by atoms with E-state index in [9.17, 15) is 14.4 Å². The van der Waals surface area contributed by atoms with E-state index in [0.717, 1.165) is 18.4 Å². The van der Waals surface area contributed by atoms with Crippen molar-refractivity contribution in [3.8, 4) is 5.75 Å². The number of carbonyl (C=O) groups is 2. The molecule has 1 aliphatic carbocycles. The molecule has 3 aliphatic rings. The van der Waals surface area contributed by atoms with Crippen LogP contribution in [-0.2, 0) is 30.7 Å². The van der Waals surface area contributed by atoms with E-state index in [1.54, 1.807) is 4.57 Å². The van der Waals surface area contributed by atoms with Gasteiger partial charge in [0.25, 0.3) is 11.5 Å². The van der Waals surface area contributed by atoms with Gasteiger partial charge in [0.05, 0.1) is 7.11 Å². The molecular weight excluding hydrogens is 466 g/mol. The zero-order chi connectivity index (χ0) is 25.5. The summed E-state index contributed by atoms with van der Waals surface area (Å²) in [5, 5.41) is 0. The van der Waals surface area contributed by atoms with Gasteiger partial charge in [-0.3, -0.25) is 14.4 Å². The van der Waals surface area contributed by atoms with Crippen LogP contribution in [0.5, 0.6) is 5.75 Å². The molecule has 0 N–H and O–H groups in total. The molecular formula is C30H31N3O4. The molecule has 0 bridgehead atoms. The first-order chi connectivity index (χ1) is 18.0. The molecule has 2 aliphatic heterocycles. The highest BCUT2D eigenvalue weighted by molar-refractivity contribution is 5.98. The number of fused-ring (bicyclic) bond motifs is 2. The quantitative estimate of drug-likeness (QED) is 0.555. The number of ether oxygens (including phenoxy) is 1. The Morgan fingerprint density at radius 2 is 1.59 bits per heavy atom. The van der Waals surface area contributed by atoms with Crippen LogP contribution in [-0.4, -0.2) is 52.9 Å². The number of carbonyl (C=O) groups excluding carboxylic acids is 2. The van der Waals surface area contributed by atoms with Gasteiger partial charge in [0.15, 0.2) is 0 Å². The molecule has 6 rings (SSSR count). The zero-order valence-corrected chi connectivity index (χ0v) is 21.1. The minimum Gasteiger partial charge on any atom is -0.496 e. The van der Waals surface area contributed by atoms with Crippen molar-refractivity contribution >= 4 is 11.8 Å². The highest BCUT2D eigenvalue weighted by Crippen LogP contribution is 2.48. The van der Waals surface area contributed by atoms with Gasteiger partial charge in [0.2, 0.25) is 5.91 Å². The highest BCUT2D eigenvalue weighted by atomic mass is 16.5. The van der Waals surface area contributed by atoms with Crippen molar-refractivity contribution in [3.05, 3.63) is 99.0 Å². The molecule has 0 unspecified atom stereocenters. The highest BCUT2D eigenvalue weighted by Gasteiger charge is 2.46. The summed E-state index contributed by atoms with van der Waals surface area (Å²) < 4.78 is 7.23. The third kappa shape index (κ3) is 4.32. The van der Waals surface area contributed by atoms with Crippen molar-refractivity contribution in [2.24, 2.45) is 5.92 Å². The number of rotatable bonds is 4. The van der Waals surface area contributed by atoms with Crippen molar-refractivity contribution in [1.82, 2.24) is 14.4 Å². The van der Waals surface area contributed by atoms with Gasteiger partial charge in [-0.25, -0.2) is 0 Å². The predicted molar refractivity (Wildman–Crippen MR) is 140 cm³/mol. The molecule has 1 saturated carbocycles. The monoisotopic (exact) mass is 497 g/mol. The van der Waals surface area contributed by atoms with Crippen LogP contribution in [0.15, 0.2) is 65.5 Å². The van der Waals surface area contributed by atoms with Gasteiger partial charge in [-0.1, -0.05) is 54.6 Å². The topological polar surface area (TPSA) is 71.8 Å². The van der Waals surface area contributed by atoms with Crippen molar-refractivity contribution < 1.29 is 14.3 Å². The third-order valence-electron chi connectivity index (χ3n) is 8.09. The molecule has 3 aromatic rings. The van der Waals surface area contributed by atoms with Crippen molar-refractivity contribution in [3.63, 3.8) is 0 Å². The summed E-state index contributed by atoms with van der Waals surface area (Å²) in [4.78, 5) is 44.0. The Balaban J connectivity index is 1.25. The summed E-state index contributed by atoms with van der Waals surface area (Å²) in [6.07, 6.45) is 2.10. The lowest BCUT2D eigenvalue weighted by Gasteiger charge is -2.30. The Kier molecular flexibility index (Phi) is 6.07. The largest absolute Gasteiger partial charge is 0.496 e. The van der Waals surface area contributed by atoms with Crippen LogP contribution in [0.25, 0.3) is 0 Å². The van der Waals surface area contributed by atoms with Crippen molar-refractivity contribution in [2.45, 2.75) is 38.3 Å². The average molecular weight is 498 g/mol. The minimum atomic E-state index is -0.199. The number of amides is 2. The van der Waals surface area contributed by atoms with E-state index in [-0.39, 0.29) is 29.2 Å². The van der Waals surface area contributed by atoms with Crippen LogP contribution in [0.1, 0.15) is 45.1 Å². The molecule has 190 valence electrons. The first-order valence-corrected chi connectivity index (χ1v) is 13.1. The maximum Gasteiger partial charge on any atom is 0.259 e. The number of aromatic nitrogens is 1. The second-order valence-corrected chi connectivity index (χ2v) is 10.2. The summed E-state index contributed by atoms with van der Waals surface area (Å²) in [6.45, 7) is 2.46. The summed E-state index contributed by atoms with van der Waals surface area (Å²) in [5.74, 6) is 0.584. The zero-order valence-electron chi connectivity index (χ0n) is 21.1. The number of methoxy groups -OCH3 is 1. The molecule has 0 saturated heterocycles. The Bertz CT molecular complexity index is 1410. The van der Waals surface area contributed by atoms with Gasteiger partial charge in [0, 0.05) is 56.8 Å². The molecule has 0 spiro atoms.